The predicted octanol–water partition coefficient (Wildman–Crippen LogP) is 7.86. The summed E-state index contributed by atoms with van der Waals surface area (Å²) in [6.45, 7) is 4.95. The third-order valence-electron chi connectivity index (χ3n) is 8.90. The molecule has 1 aromatic heterocycles. The molecule has 6 aromatic rings. The van der Waals surface area contributed by atoms with Crippen LogP contribution >= 0.6 is 23.4 Å². The molecule has 51 heavy (non-hydrogen) atoms. The Balaban J connectivity index is 0.980. The molecule has 1 saturated heterocycles. The van der Waals surface area contributed by atoms with E-state index < -0.39 is 10.0 Å². The second-order valence-corrected chi connectivity index (χ2v) is 15.6. The summed E-state index contributed by atoms with van der Waals surface area (Å²) in [7, 11) is -3.97. The Labute approximate surface area is 307 Å². The van der Waals surface area contributed by atoms with Gasteiger partial charge >= 0.3 is 0 Å². The quantitative estimate of drug-likeness (QED) is 0.0656. The highest BCUT2D eigenvalue weighted by Gasteiger charge is 2.21. The van der Waals surface area contributed by atoms with Gasteiger partial charge < -0.3 is 16.0 Å². The summed E-state index contributed by atoms with van der Waals surface area (Å²) in [5.41, 5.74) is 12.6. The van der Waals surface area contributed by atoms with Gasteiger partial charge in [-0.2, -0.15) is 0 Å². The molecule has 9 nitrogen and oxygen atoms in total. The number of fused-ring (bicyclic) bond motifs is 1. The van der Waals surface area contributed by atoms with Crippen molar-refractivity contribution in [3.05, 3.63) is 132 Å². The molecule has 5 aromatic carbocycles. The fraction of sp³-hybridized carbons (Fsp3) is 0.179. The van der Waals surface area contributed by atoms with Crippen LogP contribution in [0.25, 0.3) is 22.0 Å². The van der Waals surface area contributed by atoms with Gasteiger partial charge in [0.1, 0.15) is 6.33 Å². The number of anilines is 4. The van der Waals surface area contributed by atoms with Crippen LogP contribution in [0.2, 0.25) is 5.02 Å². The lowest BCUT2D eigenvalue weighted by Crippen LogP contribution is -2.46. The van der Waals surface area contributed by atoms with Gasteiger partial charge in [-0.3, -0.25) is 9.62 Å². The van der Waals surface area contributed by atoms with E-state index in [0.29, 0.717) is 28.8 Å². The molecule has 4 N–H and O–H groups in total. The molecule has 0 unspecified atom stereocenters. The van der Waals surface area contributed by atoms with Gasteiger partial charge in [-0.25, -0.2) is 18.4 Å². The average Bonchev–Trinajstić information content (AvgIpc) is 3.15. The largest absolute Gasteiger partial charge is 0.397 e. The standard InChI is InChI=1S/C39H38ClN7O2S2/c40-30-11-14-34(28-7-3-1-4-8-28)29(23-30)26-46-18-20-47(21-19-46)31-12-15-35-38(24-31)43-27-44-39(35)45-51(48,49)33-13-16-37(36(41)25-33)42-17-22-50-32-9-5-2-6-10-32/h1-16,23-25,27,42H,17-22,26,41H2,(H,43,44,45). The number of halogens is 1. The van der Waals surface area contributed by atoms with E-state index in [1.807, 2.05) is 48.5 Å². The lowest BCUT2D eigenvalue weighted by molar-refractivity contribution is 0.250. The highest BCUT2D eigenvalue weighted by molar-refractivity contribution is 7.99. The summed E-state index contributed by atoms with van der Waals surface area (Å²) in [6.07, 6.45) is 1.38. The van der Waals surface area contributed by atoms with Crippen molar-refractivity contribution in [1.29, 1.82) is 0 Å². The first-order valence-electron chi connectivity index (χ1n) is 16.7. The molecule has 1 aliphatic rings. The molecule has 260 valence electrons. The number of sulfonamides is 1. The van der Waals surface area contributed by atoms with Gasteiger partial charge in [0.2, 0.25) is 0 Å². The molecule has 1 aliphatic heterocycles. The zero-order valence-corrected chi connectivity index (χ0v) is 30.3. The third kappa shape index (κ3) is 8.40. The number of nitrogens with zero attached hydrogens (tertiary/aromatic N) is 4. The van der Waals surface area contributed by atoms with Crippen LogP contribution < -0.4 is 20.7 Å². The summed E-state index contributed by atoms with van der Waals surface area (Å²) in [5.74, 6) is 1.05. The van der Waals surface area contributed by atoms with Crippen LogP contribution in [0.1, 0.15) is 5.56 Å². The van der Waals surface area contributed by atoms with Gasteiger partial charge in [0.05, 0.1) is 21.8 Å². The van der Waals surface area contributed by atoms with E-state index in [4.69, 9.17) is 17.3 Å². The number of nitrogens with two attached hydrogens (primary N) is 1. The van der Waals surface area contributed by atoms with Crippen LogP contribution in [0, 0.1) is 0 Å². The van der Waals surface area contributed by atoms with Crippen molar-refractivity contribution in [3.63, 3.8) is 0 Å². The molecule has 2 heterocycles. The molecule has 0 saturated carbocycles. The van der Waals surface area contributed by atoms with Gasteiger partial charge in [0.15, 0.2) is 5.82 Å². The molecule has 0 aliphatic carbocycles. The monoisotopic (exact) mass is 735 g/mol. The minimum Gasteiger partial charge on any atom is -0.397 e. The van der Waals surface area contributed by atoms with E-state index in [9.17, 15) is 8.42 Å². The Morgan fingerprint density at radius 3 is 2.35 bits per heavy atom. The Morgan fingerprint density at radius 1 is 0.824 bits per heavy atom. The fourth-order valence-electron chi connectivity index (χ4n) is 6.25. The van der Waals surface area contributed by atoms with Crippen molar-refractivity contribution in [3.8, 4) is 11.1 Å². The fourth-order valence-corrected chi connectivity index (χ4v) is 8.30. The normalized spacial score (nSPS) is 13.7. The first-order chi connectivity index (χ1) is 24.8. The Kier molecular flexibility index (Phi) is 10.6. The number of aromatic nitrogens is 2. The van der Waals surface area contributed by atoms with Crippen LogP contribution in [-0.2, 0) is 16.6 Å². The van der Waals surface area contributed by atoms with Crippen LogP contribution in [0.4, 0.5) is 22.9 Å². The predicted molar refractivity (Wildman–Crippen MR) is 211 cm³/mol. The molecule has 7 rings (SSSR count). The number of thioether (sulfide) groups is 1. The Hall–Kier alpha value is -4.81. The van der Waals surface area contributed by atoms with E-state index >= 15 is 0 Å². The molecule has 0 bridgehead atoms. The minimum absolute atomic E-state index is 0.0547. The number of benzene rings is 5. The number of nitrogen functional groups attached to an aromatic ring is 1. The van der Waals surface area contributed by atoms with Crippen LogP contribution in [-0.4, -0.2) is 61.8 Å². The molecule has 0 amide bonds. The SMILES string of the molecule is Nc1cc(S(=O)(=O)Nc2ncnc3cc(N4CCN(Cc5cc(Cl)ccc5-c5ccccc5)CC4)ccc23)ccc1NCCSc1ccccc1. The minimum atomic E-state index is -3.97. The maximum Gasteiger partial charge on any atom is 0.263 e. The molecular weight excluding hydrogens is 698 g/mol. The maximum absolute atomic E-state index is 13.5. The highest BCUT2D eigenvalue weighted by Crippen LogP contribution is 2.31. The van der Waals surface area contributed by atoms with Crippen LogP contribution in [0.5, 0.6) is 0 Å². The Morgan fingerprint density at radius 2 is 1.59 bits per heavy atom. The molecule has 1 fully saturated rings. The van der Waals surface area contributed by atoms with E-state index in [2.05, 4.69) is 78.3 Å². The second kappa shape index (κ2) is 15.6. The zero-order valence-electron chi connectivity index (χ0n) is 27.9. The van der Waals surface area contributed by atoms with Gasteiger partial charge in [0, 0.05) is 66.0 Å². The number of hydrogen-bond donors (Lipinski definition) is 3. The highest BCUT2D eigenvalue weighted by atomic mass is 35.5. The van der Waals surface area contributed by atoms with Crippen molar-refractivity contribution in [1.82, 2.24) is 14.9 Å². The Bertz CT molecular complexity index is 2230. The summed E-state index contributed by atoms with van der Waals surface area (Å²) in [5, 5.41) is 4.65. The summed E-state index contributed by atoms with van der Waals surface area (Å²) < 4.78 is 29.6. The zero-order chi connectivity index (χ0) is 35.2. The van der Waals surface area contributed by atoms with Gasteiger partial charge in [0.25, 0.3) is 10.0 Å². The summed E-state index contributed by atoms with van der Waals surface area (Å²) in [4.78, 5) is 14.8. The summed E-state index contributed by atoms with van der Waals surface area (Å²) >= 11 is 8.15. The van der Waals surface area contributed by atoms with E-state index in [1.165, 1.54) is 34.0 Å². The van der Waals surface area contributed by atoms with E-state index in [-0.39, 0.29) is 10.7 Å². The van der Waals surface area contributed by atoms with Crippen LogP contribution in [0.15, 0.2) is 131 Å². The van der Waals surface area contributed by atoms with Crippen LogP contribution in [0.3, 0.4) is 0 Å². The number of nitrogens with one attached hydrogen (secondary N) is 2. The number of hydrogen-bond acceptors (Lipinski definition) is 9. The van der Waals surface area contributed by atoms with Gasteiger partial charge in [-0.15, -0.1) is 11.8 Å². The van der Waals surface area contributed by atoms with E-state index in [0.717, 1.165) is 49.2 Å². The molecule has 0 radical (unpaired) electrons. The van der Waals surface area contributed by atoms with Crippen molar-refractivity contribution >= 4 is 67.2 Å². The maximum atomic E-state index is 13.5. The third-order valence-corrected chi connectivity index (χ3v) is 11.5. The van der Waals surface area contributed by atoms with Crippen molar-refractivity contribution in [2.45, 2.75) is 16.3 Å². The first-order valence-corrected chi connectivity index (χ1v) is 19.6. The van der Waals surface area contributed by atoms with E-state index in [1.54, 1.807) is 23.9 Å². The topological polar surface area (TPSA) is 116 Å². The van der Waals surface area contributed by atoms with Gasteiger partial charge in [-0.1, -0.05) is 66.2 Å². The second-order valence-electron chi connectivity index (χ2n) is 12.3. The molecular formula is C39H38ClN7O2S2. The lowest BCUT2D eigenvalue weighted by atomic mass is 9.99. The number of rotatable bonds is 12. The first kappa shape index (κ1) is 34.6. The van der Waals surface area contributed by atoms with Crippen molar-refractivity contribution < 1.29 is 8.42 Å². The molecule has 12 heteroatoms. The van der Waals surface area contributed by atoms with Crippen molar-refractivity contribution in [2.24, 2.45) is 0 Å². The summed E-state index contributed by atoms with van der Waals surface area (Å²) in [6, 6.07) is 37.2. The van der Waals surface area contributed by atoms with Gasteiger partial charge in [-0.05, 0) is 77.4 Å². The molecule has 0 atom stereocenters. The average molecular weight is 736 g/mol. The smallest absolute Gasteiger partial charge is 0.263 e. The molecule has 0 spiro atoms. The lowest BCUT2D eigenvalue weighted by Gasteiger charge is -2.36. The van der Waals surface area contributed by atoms with Crippen molar-refractivity contribution in [2.75, 3.05) is 59.1 Å². The number of piperazine rings is 1.